The third kappa shape index (κ3) is 4.94. The first-order valence-corrected chi connectivity index (χ1v) is 4.75. The van der Waals surface area contributed by atoms with E-state index in [1.54, 1.807) is 0 Å². The minimum Gasteiger partial charge on any atom is -0.346 e. The summed E-state index contributed by atoms with van der Waals surface area (Å²) in [4.78, 5) is 7.25. The SMILES string of the molecule is CCC.CCCc1cnc(C)[nH]1.[HH]. The van der Waals surface area contributed by atoms with Gasteiger partial charge in [-0.15, -0.1) is 0 Å². The van der Waals surface area contributed by atoms with E-state index in [9.17, 15) is 0 Å². The van der Waals surface area contributed by atoms with Gasteiger partial charge in [0.15, 0.2) is 0 Å². The minimum atomic E-state index is 0. The van der Waals surface area contributed by atoms with Crippen molar-refractivity contribution in [1.29, 1.82) is 0 Å². The molecule has 1 aromatic rings. The molecule has 0 amide bonds. The van der Waals surface area contributed by atoms with Crippen LogP contribution >= 0.6 is 0 Å². The fourth-order valence-corrected chi connectivity index (χ4v) is 0.868. The van der Waals surface area contributed by atoms with Crippen LogP contribution in [0.2, 0.25) is 0 Å². The van der Waals surface area contributed by atoms with Crippen LogP contribution in [0.1, 0.15) is 46.6 Å². The fourth-order valence-electron chi connectivity index (χ4n) is 0.868. The first kappa shape index (κ1) is 11.2. The number of hydrogen-bond acceptors (Lipinski definition) is 1. The van der Waals surface area contributed by atoms with Gasteiger partial charge in [0, 0.05) is 13.3 Å². The molecule has 0 bridgehead atoms. The highest BCUT2D eigenvalue weighted by molar-refractivity contribution is 4.99. The van der Waals surface area contributed by atoms with Gasteiger partial charge >= 0.3 is 0 Å². The largest absolute Gasteiger partial charge is 0.346 e. The highest BCUT2D eigenvalue weighted by atomic mass is 14.9. The lowest BCUT2D eigenvalue weighted by molar-refractivity contribution is 0.888. The van der Waals surface area contributed by atoms with Crippen LogP contribution in [0.15, 0.2) is 6.20 Å². The van der Waals surface area contributed by atoms with Crippen LogP contribution in [0.3, 0.4) is 0 Å². The lowest BCUT2D eigenvalue weighted by Gasteiger charge is -1.87. The lowest BCUT2D eigenvalue weighted by atomic mass is 10.3. The van der Waals surface area contributed by atoms with Crippen molar-refractivity contribution in [3.8, 4) is 0 Å². The highest BCUT2D eigenvalue weighted by Gasteiger charge is 1.92. The summed E-state index contributed by atoms with van der Waals surface area (Å²) in [6.07, 6.45) is 5.45. The summed E-state index contributed by atoms with van der Waals surface area (Å²) in [7, 11) is 0. The van der Waals surface area contributed by atoms with Gasteiger partial charge in [0.25, 0.3) is 0 Å². The zero-order chi connectivity index (χ0) is 9.40. The first-order chi connectivity index (χ1) is 5.74. The predicted octanol–water partition coefficient (Wildman–Crippen LogP) is 3.33. The third-order valence-electron chi connectivity index (χ3n) is 1.27. The van der Waals surface area contributed by atoms with Gasteiger partial charge in [-0.3, -0.25) is 0 Å². The van der Waals surface area contributed by atoms with Gasteiger partial charge in [-0.1, -0.05) is 33.6 Å². The summed E-state index contributed by atoms with van der Waals surface area (Å²) in [5, 5.41) is 0. The second-order valence-electron chi connectivity index (χ2n) is 2.95. The first-order valence-electron chi connectivity index (χ1n) is 4.75. The molecule has 0 unspecified atom stereocenters. The van der Waals surface area contributed by atoms with Crippen LogP contribution in [-0.4, -0.2) is 9.97 Å². The van der Waals surface area contributed by atoms with Gasteiger partial charge < -0.3 is 4.98 Å². The van der Waals surface area contributed by atoms with Crippen molar-refractivity contribution in [2.75, 3.05) is 0 Å². The van der Waals surface area contributed by atoms with E-state index in [2.05, 4.69) is 30.7 Å². The van der Waals surface area contributed by atoms with Gasteiger partial charge in [0.05, 0.1) is 0 Å². The molecule has 0 saturated carbocycles. The number of rotatable bonds is 2. The number of aromatic nitrogens is 2. The zero-order valence-electron chi connectivity index (χ0n) is 8.65. The Balaban J connectivity index is 0. The van der Waals surface area contributed by atoms with Gasteiger partial charge in [-0.05, 0) is 13.3 Å². The third-order valence-corrected chi connectivity index (χ3v) is 1.27. The van der Waals surface area contributed by atoms with E-state index < -0.39 is 0 Å². The number of aryl methyl sites for hydroxylation is 2. The fraction of sp³-hybridized carbons (Fsp3) is 0.700. The zero-order valence-corrected chi connectivity index (χ0v) is 8.65. The Morgan fingerprint density at radius 3 is 2.33 bits per heavy atom. The van der Waals surface area contributed by atoms with Gasteiger partial charge in [-0.25, -0.2) is 4.98 Å². The molecule has 0 aliphatic heterocycles. The van der Waals surface area contributed by atoms with E-state index in [4.69, 9.17) is 0 Å². The van der Waals surface area contributed by atoms with Crippen LogP contribution in [0, 0.1) is 6.92 Å². The van der Waals surface area contributed by atoms with Gasteiger partial charge in [0.2, 0.25) is 0 Å². The minimum absolute atomic E-state index is 0. The van der Waals surface area contributed by atoms with Crippen molar-refractivity contribution < 1.29 is 1.43 Å². The molecule has 1 N–H and O–H groups in total. The van der Waals surface area contributed by atoms with Crippen molar-refractivity contribution in [3.05, 3.63) is 17.7 Å². The molecule has 0 aliphatic carbocycles. The molecule has 12 heavy (non-hydrogen) atoms. The van der Waals surface area contributed by atoms with Crippen molar-refractivity contribution in [1.82, 2.24) is 9.97 Å². The second kappa shape index (κ2) is 6.89. The standard InChI is InChI=1S/C7H12N2.C3H8.H2/c1-3-4-7-5-8-6(2)9-7;1-3-2;/h5H,3-4H2,1-2H3,(H,8,9);3H2,1-2H3;1H. The van der Waals surface area contributed by atoms with E-state index in [0.29, 0.717) is 0 Å². The van der Waals surface area contributed by atoms with E-state index in [1.807, 2.05) is 13.1 Å². The lowest BCUT2D eigenvalue weighted by Crippen LogP contribution is -1.81. The van der Waals surface area contributed by atoms with Crippen LogP contribution < -0.4 is 0 Å². The molecule has 0 aliphatic rings. The summed E-state index contributed by atoms with van der Waals surface area (Å²) in [5.74, 6) is 1.01. The number of aromatic amines is 1. The predicted molar refractivity (Wildman–Crippen MR) is 55.4 cm³/mol. The maximum atomic E-state index is 4.08. The molecule has 72 valence electrons. The van der Waals surface area contributed by atoms with Crippen LogP contribution in [0.5, 0.6) is 0 Å². The van der Waals surface area contributed by atoms with E-state index in [0.717, 1.165) is 12.2 Å². The molecular formula is C10H22N2. The van der Waals surface area contributed by atoms with E-state index >= 15 is 0 Å². The maximum absolute atomic E-state index is 4.08. The number of H-pyrrole nitrogens is 1. The smallest absolute Gasteiger partial charge is 0.103 e. The molecule has 1 aromatic heterocycles. The Bertz CT molecular complexity index is 197. The number of nitrogens with zero attached hydrogens (tertiary/aromatic N) is 1. The van der Waals surface area contributed by atoms with Gasteiger partial charge in [0.1, 0.15) is 5.82 Å². The Kier molecular flexibility index (Phi) is 6.44. The Labute approximate surface area is 76.9 Å². The van der Waals surface area contributed by atoms with Crippen molar-refractivity contribution in [2.45, 2.75) is 47.0 Å². The summed E-state index contributed by atoms with van der Waals surface area (Å²) >= 11 is 0. The maximum Gasteiger partial charge on any atom is 0.103 e. The van der Waals surface area contributed by atoms with Crippen LogP contribution in [-0.2, 0) is 6.42 Å². The molecule has 0 spiro atoms. The average Bonchev–Trinajstić information content (AvgIpc) is 2.38. The number of hydrogen-bond donors (Lipinski definition) is 1. The Morgan fingerprint density at radius 1 is 1.42 bits per heavy atom. The highest BCUT2D eigenvalue weighted by Crippen LogP contribution is 1.98. The molecule has 0 aromatic carbocycles. The van der Waals surface area contributed by atoms with Crippen molar-refractivity contribution in [3.63, 3.8) is 0 Å². The van der Waals surface area contributed by atoms with Crippen LogP contribution in [0.4, 0.5) is 0 Å². The number of imidazole rings is 1. The molecular weight excluding hydrogens is 148 g/mol. The van der Waals surface area contributed by atoms with E-state index in [-0.39, 0.29) is 1.43 Å². The molecule has 1 rings (SSSR count). The Hall–Kier alpha value is -0.790. The molecule has 1 heterocycles. The summed E-state index contributed by atoms with van der Waals surface area (Å²) in [6.45, 7) is 8.38. The van der Waals surface area contributed by atoms with E-state index in [1.165, 1.54) is 18.5 Å². The molecule has 0 radical (unpaired) electrons. The van der Waals surface area contributed by atoms with Crippen molar-refractivity contribution >= 4 is 0 Å². The number of nitrogens with one attached hydrogen (secondary N) is 1. The molecule has 2 heteroatoms. The van der Waals surface area contributed by atoms with Crippen molar-refractivity contribution in [2.24, 2.45) is 0 Å². The summed E-state index contributed by atoms with van der Waals surface area (Å²) in [5.41, 5.74) is 1.25. The normalized spacial score (nSPS) is 9.00. The summed E-state index contributed by atoms with van der Waals surface area (Å²) < 4.78 is 0. The molecule has 2 nitrogen and oxygen atoms in total. The average molecular weight is 170 g/mol. The molecule has 0 atom stereocenters. The molecule has 0 saturated heterocycles. The quantitative estimate of drug-likeness (QED) is 0.724. The summed E-state index contributed by atoms with van der Waals surface area (Å²) in [6, 6.07) is 0. The van der Waals surface area contributed by atoms with Gasteiger partial charge in [-0.2, -0.15) is 0 Å². The Morgan fingerprint density at radius 2 is 2.00 bits per heavy atom. The second-order valence-corrected chi connectivity index (χ2v) is 2.95. The molecule has 0 fully saturated rings. The van der Waals surface area contributed by atoms with Crippen LogP contribution in [0.25, 0.3) is 0 Å². The monoisotopic (exact) mass is 170 g/mol. The topological polar surface area (TPSA) is 28.7 Å².